The normalized spacial score (nSPS) is 23.9. The summed E-state index contributed by atoms with van der Waals surface area (Å²) in [5.74, 6) is 0.899. The van der Waals surface area contributed by atoms with E-state index in [9.17, 15) is 14.4 Å². The molecule has 3 saturated heterocycles. The summed E-state index contributed by atoms with van der Waals surface area (Å²) in [4.78, 5) is 45.3. The average molecular weight is 531 g/mol. The zero-order valence-corrected chi connectivity index (χ0v) is 23.7. The molecule has 5 rings (SSSR count). The molecule has 4 atom stereocenters. The molecule has 3 amide bonds. The summed E-state index contributed by atoms with van der Waals surface area (Å²) in [7, 11) is 0. The topological polar surface area (TPSA) is 73.0 Å². The second-order valence-corrected chi connectivity index (χ2v) is 12.1. The Morgan fingerprint density at radius 2 is 1.54 bits per heavy atom. The molecule has 0 aliphatic carbocycles. The van der Waals surface area contributed by atoms with Gasteiger partial charge in [-0.05, 0) is 62.6 Å². The van der Waals surface area contributed by atoms with Gasteiger partial charge >= 0.3 is 0 Å². The van der Waals surface area contributed by atoms with Gasteiger partial charge in [0.25, 0.3) is 5.91 Å². The molecule has 0 aromatic heterocycles. The van der Waals surface area contributed by atoms with Crippen LogP contribution in [0.1, 0.15) is 59.8 Å². The lowest BCUT2D eigenvalue weighted by atomic mass is 10.0. The molecule has 7 nitrogen and oxygen atoms in total. The van der Waals surface area contributed by atoms with Gasteiger partial charge in [0, 0.05) is 57.3 Å². The Kier molecular flexibility index (Phi) is 8.08. The Balaban J connectivity index is 1.17. The molecule has 0 bridgehead atoms. The van der Waals surface area contributed by atoms with Crippen molar-refractivity contribution in [2.45, 2.75) is 52.6 Å². The van der Waals surface area contributed by atoms with Crippen molar-refractivity contribution in [3.8, 4) is 0 Å². The molecule has 3 heterocycles. The Morgan fingerprint density at radius 3 is 2.13 bits per heavy atom. The maximum Gasteiger partial charge on any atom is 0.254 e. The van der Waals surface area contributed by atoms with E-state index in [4.69, 9.17) is 0 Å². The number of amides is 3. The van der Waals surface area contributed by atoms with Gasteiger partial charge in [-0.25, -0.2) is 0 Å². The molecule has 208 valence electrons. The predicted molar refractivity (Wildman–Crippen MR) is 152 cm³/mol. The highest BCUT2D eigenvalue weighted by molar-refractivity contribution is 5.97. The van der Waals surface area contributed by atoms with Crippen LogP contribution in [0.2, 0.25) is 0 Å². The second kappa shape index (κ2) is 11.5. The van der Waals surface area contributed by atoms with Crippen LogP contribution in [0, 0.1) is 31.6 Å². The van der Waals surface area contributed by atoms with Gasteiger partial charge in [-0.2, -0.15) is 0 Å². The first-order valence-electron chi connectivity index (χ1n) is 14.4. The lowest BCUT2D eigenvalue weighted by molar-refractivity contribution is -0.130. The number of aryl methyl sites for hydroxylation is 2. The van der Waals surface area contributed by atoms with Crippen LogP contribution in [0.3, 0.4) is 0 Å². The minimum absolute atomic E-state index is 0.0284. The van der Waals surface area contributed by atoms with Gasteiger partial charge in [-0.15, -0.1) is 0 Å². The molecule has 1 N–H and O–H groups in total. The first-order chi connectivity index (χ1) is 18.7. The SMILES string of the molecule is Cc1cccc(C)c1C(=O)N1CC2CN(CC[C@H](NC(=O)C3CC(=O)N(C(C)C)C3)c3ccccc3)CC2C1. The number of nitrogens with one attached hydrogen (secondary N) is 1. The molecule has 3 unspecified atom stereocenters. The predicted octanol–water partition coefficient (Wildman–Crippen LogP) is 3.81. The number of benzene rings is 2. The van der Waals surface area contributed by atoms with Crippen LogP contribution >= 0.6 is 0 Å². The third-order valence-corrected chi connectivity index (χ3v) is 8.95. The highest BCUT2D eigenvalue weighted by atomic mass is 16.2. The van der Waals surface area contributed by atoms with Gasteiger partial charge in [0.15, 0.2) is 0 Å². The first kappa shape index (κ1) is 27.4. The molecule has 39 heavy (non-hydrogen) atoms. The van der Waals surface area contributed by atoms with Crippen molar-refractivity contribution in [1.82, 2.24) is 20.0 Å². The van der Waals surface area contributed by atoms with Crippen molar-refractivity contribution in [1.29, 1.82) is 0 Å². The van der Waals surface area contributed by atoms with Crippen LogP contribution < -0.4 is 5.32 Å². The van der Waals surface area contributed by atoms with Gasteiger partial charge < -0.3 is 20.0 Å². The van der Waals surface area contributed by atoms with Gasteiger partial charge in [0.2, 0.25) is 11.8 Å². The molecular weight excluding hydrogens is 488 g/mol. The Bertz CT molecular complexity index is 1180. The molecule has 0 spiro atoms. The van der Waals surface area contributed by atoms with Crippen molar-refractivity contribution in [3.63, 3.8) is 0 Å². The van der Waals surface area contributed by atoms with E-state index in [1.165, 1.54) is 0 Å². The Morgan fingerprint density at radius 1 is 0.897 bits per heavy atom. The minimum atomic E-state index is -0.294. The lowest BCUT2D eigenvalue weighted by Gasteiger charge is -2.26. The monoisotopic (exact) mass is 530 g/mol. The van der Waals surface area contributed by atoms with Crippen LogP contribution in [-0.4, -0.2) is 77.7 Å². The van der Waals surface area contributed by atoms with Crippen molar-refractivity contribution in [2.75, 3.05) is 39.3 Å². The van der Waals surface area contributed by atoms with Gasteiger partial charge in [0.05, 0.1) is 12.0 Å². The van der Waals surface area contributed by atoms with Crippen molar-refractivity contribution in [2.24, 2.45) is 17.8 Å². The fourth-order valence-corrected chi connectivity index (χ4v) is 6.76. The van der Waals surface area contributed by atoms with E-state index in [1.807, 2.05) is 64.1 Å². The summed E-state index contributed by atoms with van der Waals surface area (Å²) in [6.45, 7) is 13.0. The number of fused-ring (bicyclic) bond motifs is 1. The molecule has 3 fully saturated rings. The molecule has 3 aliphatic rings. The molecule has 7 heteroatoms. The van der Waals surface area contributed by atoms with E-state index < -0.39 is 0 Å². The fraction of sp³-hybridized carbons (Fsp3) is 0.531. The molecule has 0 saturated carbocycles. The van der Waals surface area contributed by atoms with Crippen molar-refractivity contribution >= 4 is 17.7 Å². The molecule has 3 aliphatic heterocycles. The molecule has 2 aromatic rings. The number of hydrogen-bond acceptors (Lipinski definition) is 4. The highest BCUT2D eigenvalue weighted by Gasteiger charge is 2.42. The summed E-state index contributed by atoms with van der Waals surface area (Å²) >= 11 is 0. The minimum Gasteiger partial charge on any atom is -0.349 e. The van der Waals surface area contributed by atoms with Crippen LogP contribution in [0.4, 0.5) is 0 Å². The summed E-state index contributed by atoms with van der Waals surface area (Å²) in [5.41, 5.74) is 4.05. The summed E-state index contributed by atoms with van der Waals surface area (Å²) in [6.07, 6.45) is 1.10. The van der Waals surface area contributed by atoms with E-state index >= 15 is 0 Å². The first-order valence-corrected chi connectivity index (χ1v) is 14.4. The van der Waals surface area contributed by atoms with E-state index in [2.05, 4.69) is 27.2 Å². The second-order valence-electron chi connectivity index (χ2n) is 12.1. The van der Waals surface area contributed by atoms with E-state index in [-0.39, 0.29) is 42.1 Å². The summed E-state index contributed by atoms with van der Waals surface area (Å²) in [6, 6.07) is 16.2. The molecule has 0 radical (unpaired) electrons. The zero-order chi connectivity index (χ0) is 27.7. The number of hydrogen-bond donors (Lipinski definition) is 1. The highest BCUT2D eigenvalue weighted by Crippen LogP contribution is 2.33. The molecular formula is C32H42N4O3. The fourth-order valence-electron chi connectivity index (χ4n) is 6.76. The number of likely N-dealkylation sites (tertiary alicyclic amines) is 3. The average Bonchev–Trinajstić information content (AvgIpc) is 3.60. The lowest BCUT2D eigenvalue weighted by Crippen LogP contribution is -2.38. The summed E-state index contributed by atoms with van der Waals surface area (Å²) < 4.78 is 0. The van der Waals surface area contributed by atoms with Crippen LogP contribution in [0.5, 0.6) is 0 Å². The number of rotatable bonds is 8. The van der Waals surface area contributed by atoms with Crippen LogP contribution in [-0.2, 0) is 9.59 Å². The Hall–Kier alpha value is -3.19. The zero-order valence-electron chi connectivity index (χ0n) is 23.7. The van der Waals surface area contributed by atoms with Crippen molar-refractivity contribution in [3.05, 3.63) is 70.8 Å². The number of nitrogens with zero attached hydrogens (tertiary/aromatic N) is 3. The number of carbonyl (C=O) groups is 3. The van der Waals surface area contributed by atoms with E-state index in [0.29, 0.717) is 18.4 Å². The third kappa shape index (κ3) is 5.88. The van der Waals surface area contributed by atoms with Crippen LogP contribution in [0.25, 0.3) is 0 Å². The largest absolute Gasteiger partial charge is 0.349 e. The van der Waals surface area contributed by atoms with E-state index in [1.54, 1.807) is 4.90 Å². The van der Waals surface area contributed by atoms with Crippen LogP contribution in [0.15, 0.2) is 48.5 Å². The third-order valence-electron chi connectivity index (χ3n) is 8.95. The van der Waals surface area contributed by atoms with Crippen molar-refractivity contribution < 1.29 is 14.4 Å². The number of carbonyl (C=O) groups excluding carboxylic acids is 3. The maximum atomic E-state index is 13.3. The van der Waals surface area contributed by atoms with E-state index in [0.717, 1.165) is 61.4 Å². The van der Waals surface area contributed by atoms with Gasteiger partial charge in [0.1, 0.15) is 0 Å². The standard InChI is InChI=1S/C32H42N4O3/c1-21(2)36-20-25(15-29(36)37)31(38)33-28(24-11-6-5-7-12-24)13-14-34-16-26-18-35(19-27(26)17-34)32(39)30-22(3)9-8-10-23(30)4/h5-12,21,25-28H,13-20H2,1-4H3,(H,33,38)/t25?,26?,27?,28-/m0/s1. The Labute approximate surface area is 232 Å². The molecule has 2 aromatic carbocycles. The van der Waals surface area contributed by atoms with Gasteiger partial charge in [-0.1, -0.05) is 48.5 Å². The smallest absolute Gasteiger partial charge is 0.254 e. The maximum absolute atomic E-state index is 13.3. The quantitative estimate of drug-likeness (QED) is 0.563. The summed E-state index contributed by atoms with van der Waals surface area (Å²) in [5, 5.41) is 3.28. The van der Waals surface area contributed by atoms with Gasteiger partial charge in [-0.3, -0.25) is 14.4 Å².